The summed E-state index contributed by atoms with van der Waals surface area (Å²) in [6, 6.07) is 3.19. The number of alkyl halides is 2. The minimum absolute atomic E-state index is 0.0349. The fourth-order valence-electron chi connectivity index (χ4n) is 6.28. The second-order valence-corrected chi connectivity index (χ2v) is 15.1. The summed E-state index contributed by atoms with van der Waals surface area (Å²) in [6.07, 6.45) is -5.77. The zero-order valence-corrected chi connectivity index (χ0v) is 31.6. The van der Waals surface area contributed by atoms with Crippen LogP contribution in [-0.2, 0) is 16.0 Å². The van der Waals surface area contributed by atoms with Crippen LogP contribution in [0.3, 0.4) is 0 Å². The highest BCUT2D eigenvalue weighted by molar-refractivity contribution is 6.11. The molecule has 56 heavy (non-hydrogen) atoms. The van der Waals surface area contributed by atoms with Crippen molar-refractivity contribution < 1.29 is 56.4 Å². The molecule has 1 fully saturated rings. The minimum atomic E-state index is -3.25. The summed E-state index contributed by atoms with van der Waals surface area (Å²) < 4.78 is 75.7. The number of aliphatic hydroxyl groups is 1. The lowest BCUT2D eigenvalue weighted by atomic mass is 9.83. The van der Waals surface area contributed by atoms with Gasteiger partial charge in [0.25, 0.3) is 6.43 Å². The first kappa shape index (κ1) is 41.4. The summed E-state index contributed by atoms with van der Waals surface area (Å²) in [7, 11) is 1.18. The van der Waals surface area contributed by atoms with Crippen LogP contribution in [0.25, 0.3) is 22.4 Å². The molecule has 1 aromatic carbocycles. The minimum Gasteiger partial charge on any atom is -0.494 e. The molecular formula is C36H42F4N8O8. The second kappa shape index (κ2) is 15.8. The highest BCUT2D eigenvalue weighted by Gasteiger charge is 2.48. The van der Waals surface area contributed by atoms with E-state index in [0.717, 1.165) is 18.5 Å². The predicted octanol–water partition coefficient (Wildman–Crippen LogP) is 6.13. The second-order valence-electron chi connectivity index (χ2n) is 15.1. The molecule has 5 rings (SSSR count). The Morgan fingerprint density at radius 1 is 1.00 bits per heavy atom. The van der Waals surface area contributed by atoms with Gasteiger partial charge in [0.15, 0.2) is 28.5 Å². The summed E-state index contributed by atoms with van der Waals surface area (Å²) in [6.45, 7) is 9.15. The van der Waals surface area contributed by atoms with E-state index in [1.807, 2.05) is 0 Å². The number of hydrogen-bond donors (Lipinski definition) is 3. The number of piperidine rings is 1. The van der Waals surface area contributed by atoms with Gasteiger partial charge in [0.2, 0.25) is 0 Å². The number of carbonyl (C=O) groups excluding carboxylic acids is 2. The molecular weight excluding hydrogens is 748 g/mol. The third-order valence-electron chi connectivity index (χ3n) is 8.60. The SMILES string of the molecule is COc1cc(F)c(-c2cc(Cn3cnc4c(N(C(=O)O)C(=O)OC(C)(C)C)ncnc43)c(N3CCCC(NC(=O)OC(C)(C)C)(C(O)C(F)F)C3)cn2)cc1F. The van der Waals surface area contributed by atoms with Crippen molar-refractivity contribution in [2.24, 2.45) is 0 Å². The number of imidazole rings is 1. The van der Waals surface area contributed by atoms with Crippen molar-refractivity contribution in [1.82, 2.24) is 29.8 Å². The summed E-state index contributed by atoms with van der Waals surface area (Å²) >= 11 is 0. The van der Waals surface area contributed by atoms with Crippen molar-refractivity contribution in [2.45, 2.75) is 90.2 Å². The Kier molecular flexibility index (Phi) is 11.6. The molecule has 16 nitrogen and oxygen atoms in total. The van der Waals surface area contributed by atoms with Crippen LogP contribution >= 0.6 is 0 Å². The first-order valence-corrected chi connectivity index (χ1v) is 17.3. The first-order chi connectivity index (χ1) is 26.1. The van der Waals surface area contributed by atoms with Crippen LogP contribution < -0.4 is 19.9 Å². The molecule has 3 aromatic heterocycles. The molecule has 0 bridgehead atoms. The van der Waals surface area contributed by atoms with Crippen molar-refractivity contribution in [3.63, 3.8) is 0 Å². The summed E-state index contributed by atoms with van der Waals surface area (Å²) in [5.41, 5.74) is -3.67. The van der Waals surface area contributed by atoms with Gasteiger partial charge in [-0.2, -0.15) is 4.90 Å². The number of halogens is 4. The maximum Gasteiger partial charge on any atom is 0.425 e. The molecule has 2 atom stereocenters. The van der Waals surface area contributed by atoms with E-state index in [1.165, 1.54) is 30.3 Å². The van der Waals surface area contributed by atoms with Crippen molar-refractivity contribution in [3.8, 4) is 17.0 Å². The zero-order valence-electron chi connectivity index (χ0n) is 31.6. The van der Waals surface area contributed by atoms with E-state index >= 15 is 4.39 Å². The number of imide groups is 1. The molecule has 0 aliphatic carbocycles. The van der Waals surface area contributed by atoms with Gasteiger partial charge < -0.3 is 39.2 Å². The number of amides is 3. The number of carbonyl (C=O) groups is 3. The van der Waals surface area contributed by atoms with E-state index in [1.54, 1.807) is 46.4 Å². The molecule has 1 aliphatic rings. The van der Waals surface area contributed by atoms with Crippen LogP contribution in [-0.4, -0.2) is 102 Å². The van der Waals surface area contributed by atoms with Crippen LogP contribution in [0.1, 0.15) is 59.9 Å². The van der Waals surface area contributed by atoms with Crippen LogP contribution in [0.2, 0.25) is 0 Å². The topological polar surface area (TPSA) is 194 Å². The average molecular weight is 791 g/mol. The number of pyridine rings is 1. The number of fused-ring (bicyclic) bond motifs is 1. The van der Waals surface area contributed by atoms with Gasteiger partial charge in [-0.05, 0) is 72.1 Å². The highest BCUT2D eigenvalue weighted by atomic mass is 19.3. The molecule has 2 unspecified atom stereocenters. The number of nitrogens with zero attached hydrogens (tertiary/aromatic N) is 7. The van der Waals surface area contributed by atoms with E-state index in [0.29, 0.717) is 5.56 Å². The third kappa shape index (κ3) is 9.01. The summed E-state index contributed by atoms with van der Waals surface area (Å²) in [5.74, 6) is -2.49. The molecule has 3 N–H and O–H groups in total. The quantitative estimate of drug-likeness (QED) is 0.164. The van der Waals surface area contributed by atoms with E-state index in [-0.39, 0.29) is 71.2 Å². The Morgan fingerprint density at radius 2 is 1.70 bits per heavy atom. The lowest BCUT2D eigenvalue weighted by Gasteiger charge is -2.46. The lowest BCUT2D eigenvalue weighted by Crippen LogP contribution is -2.67. The van der Waals surface area contributed by atoms with Crippen molar-refractivity contribution in [3.05, 3.63) is 54.2 Å². The van der Waals surface area contributed by atoms with E-state index in [9.17, 15) is 37.8 Å². The van der Waals surface area contributed by atoms with Crippen LogP contribution in [0.5, 0.6) is 5.75 Å². The van der Waals surface area contributed by atoms with Gasteiger partial charge in [-0.15, -0.1) is 0 Å². The van der Waals surface area contributed by atoms with Crippen molar-refractivity contribution in [1.29, 1.82) is 0 Å². The fourth-order valence-corrected chi connectivity index (χ4v) is 6.28. The van der Waals surface area contributed by atoms with Gasteiger partial charge in [0, 0.05) is 24.7 Å². The molecule has 0 saturated carbocycles. The largest absolute Gasteiger partial charge is 0.494 e. The number of anilines is 2. The van der Waals surface area contributed by atoms with Gasteiger partial charge in [-0.25, -0.2) is 46.9 Å². The number of rotatable bonds is 9. The maximum atomic E-state index is 15.4. The van der Waals surface area contributed by atoms with Gasteiger partial charge in [0.1, 0.15) is 29.5 Å². The standard InChI is InChI=1S/C36H42F4N8O8/c1-34(2,3)55-31(50)45-36(27(49)28(39)40)9-8-10-46(16-36)24-14-41-23(20-12-22(38)25(54-7)13-21(20)37)11-19(24)15-47-18-44-26-29(47)42-17-43-30(26)48(32(51)52)33(53)56-35(4,5)6/h11-14,17-18,27-28,49H,8-10,15-16H2,1-7H3,(H,45,50)(H,51,52). The van der Waals surface area contributed by atoms with Crippen LogP contribution in [0, 0.1) is 11.6 Å². The first-order valence-electron chi connectivity index (χ1n) is 17.3. The maximum absolute atomic E-state index is 15.4. The van der Waals surface area contributed by atoms with E-state index in [4.69, 9.17) is 14.2 Å². The Labute approximate surface area is 318 Å². The van der Waals surface area contributed by atoms with Gasteiger partial charge in [-0.1, -0.05) is 0 Å². The smallest absolute Gasteiger partial charge is 0.425 e. The van der Waals surface area contributed by atoms with Crippen molar-refractivity contribution >= 4 is 40.9 Å². The number of benzene rings is 1. The molecule has 4 aromatic rings. The van der Waals surface area contributed by atoms with Crippen LogP contribution in [0.4, 0.5) is 43.5 Å². The van der Waals surface area contributed by atoms with Crippen molar-refractivity contribution in [2.75, 3.05) is 30.0 Å². The predicted molar refractivity (Wildman–Crippen MR) is 193 cm³/mol. The van der Waals surface area contributed by atoms with Crippen LogP contribution in [0.15, 0.2) is 37.1 Å². The average Bonchev–Trinajstić information content (AvgIpc) is 3.50. The normalized spacial score (nSPS) is 16.8. The summed E-state index contributed by atoms with van der Waals surface area (Å²) in [5, 5.41) is 23.3. The van der Waals surface area contributed by atoms with Gasteiger partial charge in [-0.3, -0.25) is 4.98 Å². The number of ether oxygens (including phenoxy) is 3. The lowest BCUT2D eigenvalue weighted by molar-refractivity contribution is -0.0664. The Morgan fingerprint density at radius 3 is 2.32 bits per heavy atom. The fraction of sp³-hybridized carbons (Fsp3) is 0.472. The Bertz CT molecular complexity index is 2120. The highest BCUT2D eigenvalue weighted by Crippen LogP contribution is 2.36. The molecule has 1 saturated heterocycles. The molecule has 0 radical (unpaired) electrons. The Balaban J connectivity index is 1.63. The monoisotopic (exact) mass is 790 g/mol. The Hall–Kier alpha value is -5.79. The van der Waals surface area contributed by atoms with E-state index in [2.05, 4.69) is 25.3 Å². The molecule has 1 aliphatic heterocycles. The molecule has 0 spiro atoms. The van der Waals surface area contributed by atoms with E-state index < -0.39 is 65.0 Å². The number of aromatic nitrogens is 5. The zero-order chi connectivity index (χ0) is 41.3. The number of aliphatic hydroxyl groups excluding tert-OH is 1. The number of nitrogens with one attached hydrogen (secondary N) is 1. The molecule has 302 valence electrons. The molecule has 20 heteroatoms. The van der Waals surface area contributed by atoms with Gasteiger partial charge in [0.05, 0.1) is 43.1 Å². The number of carboxylic acid groups (broad SMARTS) is 1. The third-order valence-corrected chi connectivity index (χ3v) is 8.60. The summed E-state index contributed by atoms with van der Waals surface area (Å²) in [4.78, 5) is 57.0. The van der Waals surface area contributed by atoms with Gasteiger partial charge >= 0.3 is 18.3 Å². The number of methoxy groups -OCH3 is 1. The molecule has 4 heterocycles. The number of hydrogen-bond acceptors (Lipinski definition) is 12. The number of alkyl carbamates (subject to hydrolysis) is 1. The molecule has 3 amide bonds.